The second kappa shape index (κ2) is 4.39. The quantitative estimate of drug-likeness (QED) is 0.837. The van der Waals surface area contributed by atoms with E-state index in [-0.39, 0.29) is 11.9 Å². The Labute approximate surface area is 107 Å². The molecule has 3 unspecified atom stereocenters. The predicted octanol–water partition coefficient (Wildman–Crippen LogP) is 2.05. The number of aliphatic hydroxyl groups is 1. The van der Waals surface area contributed by atoms with Gasteiger partial charge < -0.3 is 10.4 Å². The molecule has 0 fully saturated rings. The van der Waals surface area contributed by atoms with Gasteiger partial charge in [-0.2, -0.15) is 0 Å². The van der Waals surface area contributed by atoms with E-state index < -0.39 is 6.10 Å². The molecule has 0 spiro atoms. The zero-order valence-corrected chi connectivity index (χ0v) is 10.6. The van der Waals surface area contributed by atoms with E-state index in [1.165, 1.54) is 36.5 Å². The number of hydrogen-bond acceptors (Lipinski definition) is 2. The molecule has 2 aliphatic carbocycles. The van der Waals surface area contributed by atoms with Crippen molar-refractivity contribution in [3.63, 3.8) is 0 Å². The molecule has 0 aliphatic heterocycles. The van der Waals surface area contributed by atoms with Crippen molar-refractivity contribution in [2.45, 2.75) is 50.7 Å². The van der Waals surface area contributed by atoms with E-state index in [0.29, 0.717) is 5.92 Å². The third-order valence-corrected chi connectivity index (χ3v) is 4.23. The van der Waals surface area contributed by atoms with Crippen LogP contribution in [0.15, 0.2) is 18.2 Å². The van der Waals surface area contributed by atoms with E-state index >= 15 is 0 Å². The van der Waals surface area contributed by atoms with Crippen molar-refractivity contribution in [3.05, 3.63) is 34.9 Å². The molecule has 1 amide bonds. The topological polar surface area (TPSA) is 49.3 Å². The fourth-order valence-corrected chi connectivity index (χ4v) is 3.41. The minimum Gasteiger partial charge on any atom is -0.384 e. The molecule has 0 saturated heterocycles. The minimum absolute atomic E-state index is 0.0881. The van der Waals surface area contributed by atoms with Gasteiger partial charge in [0.1, 0.15) is 6.10 Å². The molecule has 3 nitrogen and oxygen atoms in total. The number of carbonyl (C=O) groups excluding carboxylic acids is 1. The van der Waals surface area contributed by atoms with Gasteiger partial charge in [0, 0.05) is 0 Å². The van der Waals surface area contributed by atoms with Crippen LogP contribution >= 0.6 is 0 Å². The zero-order chi connectivity index (χ0) is 12.7. The number of carbonyl (C=O) groups is 1. The third kappa shape index (κ3) is 1.83. The lowest BCUT2D eigenvalue weighted by molar-refractivity contribution is -0.129. The van der Waals surface area contributed by atoms with Crippen molar-refractivity contribution >= 4 is 5.91 Å². The fourth-order valence-electron chi connectivity index (χ4n) is 3.41. The van der Waals surface area contributed by atoms with Gasteiger partial charge >= 0.3 is 0 Å². The van der Waals surface area contributed by atoms with Gasteiger partial charge in [-0.15, -0.1) is 0 Å². The molecule has 1 aromatic rings. The van der Waals surface area contributed by atoms with Crippen LogP contribution in [-0.2, 0) is 11.2 Å². The van der Waals surface area contributed by atoms with Crippen LogP contribution in [0.25, 0.3) is 0 Å². The number of amides is 1. The molecule has 0 radical (unpaired) electrons. The van der Waals surface area contributed by atoms with Crippen LogP contribution in [0, 0.1) is 0 Å². The van der Waals surface area contributed by atoms with Crippen LogP contribution in [0.1, 0.15) is 54.8 Å². The summed E-state index contributed by atoms with van der Waals surface area (Å²) in [6.45, 7) is 1.51. The summed E-state index contributed by atoms with van der Waals surface area (Å²) in [6.07, 6.45) is 3.70. The van der Waals surface area contributed by atoms with Gasteiger partial charge in [-0.3, -0.25) is 4.79 Å². The molecule has 0 saturated carbocycles. The summed E-state index contributed by atoms with van der Waals surface area (Å²) in [5.41, 5.74) is 4.20. The highest BCUT2D eigenvalue weighted by atomic mass is 16.3. The van der Waals surface area contributed by atoms with Gasteiger partial charge in [0.05, 0.1) is 6.04 Å². The van der Waals surface area contributed by atoms with Gasteiger partial charge in [-0.25, -0.2) is 0 Å². The molecule has 0 bridgehead atoms. The molecule has 96 valence electrons. The summed E-state index contributed by atoms with van der Waals surface area (Å²) in [4.78, 5) is 11.6. The van der Waals surface area contributed by atoms with Crippen molar-refractivity contribution in [1.82, 2.24) is 5.32 Å². The van der Waals surface area contributed by atoms with Gasteiger partial charge in [0.15, 0.2) is 0 Å². The molecular weight excluding hydrogens is 226 g/mol. The Balaban J connectivity index is 1.90. The van der Waals surface area contributed by atoms with Gasteiger partial charge in [-0.05, 0) is 55.2 Å². The van der Waals surface area contributed by atoms with Crippen LogP contribution in [-0.4, -0.2) is 17.1 Å². The molecular formula is C15H19NO2. The van der Waals surface area contributed by atoms with Crippen LogP contribution < -0.4 is 5.32 Å². The number of benzene rings is 1. The molecule has 0 heterocycles. The fraction of sp³-hybridized carbons (Fsp3) is 0.533. The first kappa shape index (κ1) is 11.7. The SMILES string of the molecule is CC(O)C(=O)NC1CC2CCCc3cccc1c32. The monoisotopic (exact) mass is 245 g/mol. The Hall–Kier alpha value is -1.35. The number of rotatable bonds is 2. The van der Waals surface area contributed by atoms with Crippen molar-refractivity contribution in [1.29, 1.82) is 0 Å². The van der Waals surface area contributed by atoms with Crippen molar-refractivity contribution in [2.75, 3.05) is 0 Å². The molecule has 1 aromatic carbocycles. The predicted molar refractivity (Wildman–Crippen MR) is 69.3 cm³/mol. The second-order valence-corrected chi connectivity index (χ2v) is 5.48. The molecule has 18 heavy (non-hydrogen) atoms. The first-order valence-corrected chi connectivity index (χ1v) is 6.77. The number of aliphatic hydroxyl groups excluding tert-OH is 1. The lowest BCUT2D eigenvalue weighted by Gasteiger charge is -2.20. The summed E-state index contributed by atoms with van der Waals surface area (Å²) in [5.74, 6) is 0.334. The maximum Gasteiger partial charge on any atom is 0.249 e. The first-order valence-electron chi connectivity index (χ1n) is 6.77. The number of hydrogen-bond donors (Lipinski definition) is 2. The first-order chi connectivity index (χ1) is 8.66. The van der Waals surface area contributed by atoms with Crippen molar-refractivity contribution in [2.24, 2.45) is 0 Å². The Morgan fingerprint density at radius 3 is 3.11 bits per heavy atom. The molecule has 3 rings (SSSR count). The van der Waals surface area contributed by atoms with E-state index in [2.05, 4.69) is 23.5 Å². The molecule has 3 heteroatoms. The Bertz CT molecular complexity index is 481. The summed E-state index contributed by atoms with van der Waals surface area (Å²) < 4.78 is 0. The Kier molecular flexibility index (Phi) is 2.86. The standard InChI is InChI=1S/C15H19NO2/c1-9(17)15(18)16-13-8-11-6-2-4-10-5-3-7-12(13)14(10)11/h3,5,7,9,11,13,17H,2,4,6,8H2,1H3,(H,16,18). The summed E-state index contributed by atoms with van der Waals surface area (Å²) in [6, 6.07) is 6.51. The van der Waals surface area contributed by atoms with E-state index in [9.17, 15) is 9.90 Å². The maximum absolute atomic E-state index is 11.6. The third-order valence-electron chi connectivity index (χ3n) is 4.23. The van der Waals surface area contributed by atoms with Crippen LogP contribution in [0.3, 0.4) is 0 Å². The van der Waals surface area contributed by atoms with Gasteiger partial charge in [-0.1, -0.05) is 18.2 Å². The number of nitrogens with one attached hydrogen (secondary N) is 1. The van der Waals surface area contributed by atoms with Crippen LogP contribution in [0.5, 0.6) is 0 Å². The molecule has 3 atom stereocenters. The van der Waals surface area contributed by atoms with E-state index in [1.54, 1.807) is 0 Å². The summed E-state index contributed by atoms with van der Waals surface area (Å²) in [7, 11) is 0. The molecule has 2 aliphatic rings. The average Bonchev–Trinajstić information content (AvgIpc) is 2.70. The van der Waals surface area contributed by atoms with Crippen molar-refractivity contribution in [3.8, 4) is 0 Å². The van der Waals surface area contributed by atoms with E-state index in [4.69, 9.17) is 0 Å². The highest BCUT2D eigenvalue weighted by Crippen LogP contribution is 2.47. The summed E-state index contributed by atoms with van der Waals surface area (Å²) >= 11 is 0. The van der Waals surface area contributed by atoms with Crippen LogP contribution in [0.4, 0.5) is 0 Å². The summed E-state index contributed by atoms with van der Waals surface area (Å²) in [5, 5.41) is 12.3. The minimum atomic E-state index is -0.930. The normalized spacial score (nSPS) is 26.6. The van der Waals surface area contributed by atoms with E-state index in [0.717, 1.165) is 12.8 Å². The smallest absolute Gasteiger partial charge is 0.249 e. The zero-order valence-electron chi connectivity index (χ0n) is 10.6. The highest BCUT2D eigenvalue weighted by Gasteiger charge is 2.35. The van der Waals surface area contributed by atoms with Gasteiger partial charge in [0.2, 0.25) is 5.91 Å². The Morgan fingerprint density at radius 2 is 2.33 bits per heavy atom. The lowest BCUT2D eigenvalue weighted by Crippen LogP contribution is -2.34. The van der Waals surface area contributed by atoms with E-state index in [1.807, 2.05) is 0 Å². The average molecular weight is 245 g/mol. The second-order valence-electron chi connectivity index (χ2n) is 5.48. The lowest BCUT2D eigenvalue weighted by atomic mass is 9.84. The molecule has 0 aromatic heterocycles. The number of aryl methyl sites for hydroxylation is 1. The highest BCUT2D eigenvalue weighted by molar-refractivity contribution is 5.80. The Morgan fingerprint density at radius 1 is 1.50 bits per heavy atom. The maximum atomic E-state index is 11.6. The largest absolute Gasteiger partial charge is 0.384 e. The van der Waals surface area contributed by atoms with Crippen LogP contribution in [0.2, 0.25) is 0 Å². The van der Waals surface area contributed by atoms with Crippen molar-refractivity contribution < 1.29 is 9.90 Å². The van der Waals surface area contributed by atoms with Gasteiger partial charge in [0.25, 0.3) is 0 Å². The molecule has 2 N–H and O–H groups in total.